The number of rotatable bonds is 4. The number of nitrogens with zero attached hydrogens (tertiary/aromatic N) is 2. The first-order chi connectivity index (χ1) is 17.8. The lowest BCUT2D eigenvalue weighted by Gasteiger charge is -2.39. The Hall–Kier alpha value is -2.70. The van der Waals surface area contributed by atoms with Crippen LogP contribution in [0.1, 0.15) is 50.5 Å². The highest BCUT2D eigenvalue weighted by molar-refractivity contribution is 6.35. The average Bonchev–Trinajstić information content (AvgIpc) is 3.22. The summed E-state index contributed by atoms with van der Waals surface area (Å²) in [6.45, 7) is 0.703. The van der Waals surface area contributed by atoms with Crippen LogP contribution < -0.4 is 10.2 Å². The number of halogens is 2. The summed E-state index contributed by atoms with van der Waals surface area (Å²) >= 11 is 6.12. The Kier molecular flexibility index (Phi) is 7.42. The Bertz CT molecular complexity index is 1220. The molecule has 7 heteroatoms. The van der Waals surface area contributed by atoms with Gasteiger partial charge in [-0.15, -0.1) is 0 Å². The number of nitrogens with one attached hydrogen (secondary N) is 1. The molecule has 0 saturated heterocycles. The maximum absolute atomic E-state index is 13.8. The fraction of sp³-hybridized carbons (Fsp3) is 0.467. The molecule has 3 atom stereocenters. The maximum atomic E-state index is 13.8. The van der Waals surface area contributed by atoms with Gasteiger partial charge in [-0.1, -0.05) is 48.4 Å². The van der Waals surface area contributed by atoms with E-state index in [1.165, 1.54) is 37.0 Å². The first-order valence-corrected chi connectivity index (χ1v) is 13.6. The van der Waals surface area contributed by atoms with Crippen molar-refractivity contribution in [3.63, 3.8) is 0 Å². The lowest BCUT2D eigenvalue weighted by Crippen LogP contribution is -2.43. The van der Waals surface area contributed by atoms with Crippen LogP contribution in [-0.4, -0.2) is 49.6 Å². The molecule has 3 aliphatic carbocycles. The van der Waals surface area contributed by atoms with Crippen molar-refractivity contribution in [3.05, 3.63) is 76.0 Å². The van der Waals surface area contributed by atoms with E-state index in [0.717, 1.165) is 24.1 Å². The van der Waals surface area contributed by atoms with Gasteiger partial charge in [-0.25, -0.2) is 4.39 Å². The van der Waals surface area contributed by atoms with E-state index in [4.69, 9.17) is 11.6 Å². The van der Waals surface area contributed by atoms with Crippen LogP contribution in [0.15, 0.2) is 70.4 Å². The van der Waals surface area contributed by atoms with E-state index in [1.807, 2.05) is 17.0 Å². The van der Waals surface area contributed by atoms with E-state index in [-0.39, 0.29) is 28.3 Å². The Morgan fingerprint density at radius 1 is 1.16 bits per heavy atom. The average molecular weight is 524 g/mol. The van der Waals surface area contributed by atoms with Gasteiger partial charge in [0.2, 0.25) is 0 Å². The molecule has 196 valence electrons. The predicted octanol–water partition coefficient (Wildman–Crippen LogP) is 5.58. The van der Waals surface area contributed by atoms with Gasteiger partial charge in [-0.3, -0.25) is 9.59 Å². The van der Waals surface area contributed by atoms with Crippen molar-refractivity contribution < 1.29 is 14.0 Å². The minimum atomic E-state index is -1.21. The topological polar surface area (TPSA) is 52.6 Å². The standard InChI is InChI=1S/C30H35ClFN3O2/c1-34(2)27-8-5-15-30(27)16-17-35(26-7-4-3-6-21(26)19-30)29(37)20-9-12-23(13-10-20)33-28(36)24-18-22(32)11-14-25(24)31/h3-4,6-7,9,12,14,18,22,27H,5,8,10-11,13,15-17,19H2,1-2H3,(H,33,36). The van der Waals surface area contributed by atoms with Crippen molar-refractivity contribution in [2.75, 3.05) is 25.5 Å². The van der Waals surface area contributed by atoms with Gasteiger partial charge in [-0.05, 0) is 81.8 Å². The van der Waals surface area contributed by atoms with E-state index in [1.54, 1.807) is 6.08 Å². The second-order valence-electron chi connectivity index (χ2n) is 11.0. The highest BCUT2D eigenvalue weighted by Crippen LogP contribution is 2.49. The summed E-state index contributed by atoms with van der Waals surface area (Å²) < 4.78 is 13.7. The summed E-state index contributed by atoms with van der Waals surface area (Å²) in [6, 6.07) is 8.86. The zero-order chi connectivity index (χ0) is 26.2. The fourth-order valence-corrected chi connectivity index (χ4v) is 6.86. The van der Waals surface area contributed by atoms with E-state index in [0.29, 0.717) is 31.1 Å². The number of fused-ring (bicyclic) bond motifs is 1. The van der Waals surface area contributed by atoms with Crippen LogP contribution in [0.5, 0.6) is 0 Å². The number of hydrogen-bond acceptors (Lipinski definition) is 3. The van der Waals surface area contributed by atoms with Crippen LogP contribution in [0, 0.1) is 5.41 Å². The molecule has 0 radical (unpaired) electrons. The molecule has 1 saturated carbocycles. The van der Waals surface area contributed by atoms with Gasteiger partial charge in [0.15, 0.2) is 0 Å². The zero-order valence-corrected chi connectivity index (χ0v) is 22.4. The van der Waals surface area contributed by atoms with Crippen molar-refractivity contribution in [2.45, 2.75) is 63.6 Å². The number of carbonyl (C=O) groups excluding carboxylic acids is 2. The smallest absolute Gasteiger partial charge is 0.256 e. The van der Waals surface area contributed by atoms with Crippen LogP contribution in [0.2, 0.25) is 0 Å². The quantitative estimate of drug-likeness (QED) is 0.560. The second kappa shape index (κ2) is 10.6. The monoisotopic (exact) mass is 523 g/mol. The molecule has 1 N–H and O–H groups in total. The number of carbonyl (C=O) groups is 2. The van der Waals surface area contributed by atoms with Crippen LogP contribution in [-0.2, 0) is 16.0 Å². The molecular formula is C30H35ClFN3O2. The van der Waals surface area contributed by atoms with Crippen LogP contribution in [0.3, 0.4) is 0 Å². The molecule has 5 nitrogen and oxygen atoms in total. The summed E-state index contributed by atoms with van der Waals surface area (Å²) in [4.78, 5) is 30.8. The van der Waals surface area contributed by atoms with Crippen LogP contribution >= 0.6 is 11.6 Å². The van der Waals surface area contributed by atoms with Crippen LogP contribution in [0.4, 0.5) is 10.1 Å². The first-order valence-electron chi connectivity index (χ1n) is 13.3. The molecule has 1 spiro atoms. The molecule has 1 aliphatic heterocycles. The molecule has 1 fully saturated rings. The van der Waals surface area contributed by atoms with E-state index in [2.05, 4.69) is 42.5 Å². The molecule has 0 bridgehead atoms. The molecule has 37 heavy (non-hydrogen) atoms. The SMILES string of the molecule is CN(C)C1CCCC12CCN(C(=O)C1=CC=C(NC(=O)C3=CC(F)CC=C3Cl)CC1)c1ccccc1C2. The van der Waals surface area contributed by atoms with Crippen molar-refractivity contribution in [1.29, 1.82) is 0 Å². The highest BCUT2D eigenvalue weighted by atomic mass is 35.5. The number of anilines is 1. The molecule has 0 aromatic heterocycles. The van der Waals surface area contributed by atoms with E-state index >= 15 is 0 Å². The molecule has 5 rings (SSSR count). The van der Waals surface area contributed by atoms with Gasteiger partial charge in [0.25, 0.3) is 11.8 Å². The second-order valence-corrected chi connectivity index (χ2v) is 11.4. The lowest BCUT2D eigenvalue weighted by atomic mass is 9.74. The number of para-hydroxylation sites is 1. The van der Waals surface area contributed by atoms with Crippen LogP contribution in [0.25, 0.3) is 0 Å². The van der Waals surface area contributed by atoms with Gasteiger partial charge < -0.3 is 15.1 Å². The van der Waals surface area contributed by atoms with Crippen molar-refractivity contribution in [1.82, 2.24) is 10.2 Å². The van der Waals surface area contributed by atoms with Crippen molar-refractivity contribution in [3.8, 4) is 0 Å². The Labute approximate surface area is 223 Å². The molecule has 1 aromatic carbocycles. The van der Waals surface area contributed by atoms with Gasteiger partial charge >= 0.3 is 0 Å². The van der Waals surface area contributed by atoms with Gasteiger partial charge in [0, 0.05) is 41.0 Å². The largest absolute Gasteiger partial charge is 0.326 e. The number of benzene rings is 1. The normalized spacial score (nSPS) is 27.6. The molecular weight excluding hydrogens is 489 g/mol. The number of allylic oxidation sites excluding steroid dienone is 5. The van der Waals surface area contributed by atoms with Gasteiger partial charge in [-0.2, -0.15) is 0 Å². The number of amides is 2. The van der Waals surface area contributed by atoms with Gasteiger partial charge in [0.1, 0.15) is 6.17 Å². The third-order valence-corrected chi connectivity index (χ3v) is 8.81. The Morgan fingerprint density at radius 2 is 1.97 bits per heavy atom. The summed E-state index contributed by atoms with van der Waals surface area (Å²) in [5.74, 6) is -0.386. The molecule has 3 unspecified atom stereocenters. The fourth-order valence-electron chi connectivity index (χ4n) is 6.63. The van der Waals surface area contributed by atoms with E-state index in [9.17, 15) is 14.0 Å². The molecule has 4 aliphatic rings. The number of alkyl halides is 1. The summed E-state index contributed by atoms with van der Waals surface area (Å²) in [5, 5.41) is 3.11. The Morgan fingerprint density at radius 3 is 2.73 bits per heavy atom. The Balaban J connectivity index is 1.34. The summed E-state index contributed by atoms with van der Waals surface area (Å²) in [7, 11) is 4.36. The first kappa shape index (κ1) is 25.9. The van der Waals surface area contributed by atoms with Crippen molar-refractivity contribution >= 4 is 29.1 Å². The minimum Gasteiger partial charge on any atom is -0.326 e. The lowest BCUT2D eigenvalue weighted by molar-refractivity contribution is -0.116. The predicted molar refractivity (Wildman–Crippen MR) is 146 cm³/mol. The molecule has 2 amide bonds. The van der Waals surface area contributed by atoms with Gasteiger partial charge in [0.05, 0.1) is 5.57 Å². The minimum absolute atomic E-state index is 0.0340. The molecule has 1 aromatic rings. The van der Waals surface area contributed by atoms with E-state index < -0.39 is 12.1 Å². The third kappa shape index (κ3) is 5.19. The molecule has 1 heterocycles. The maximum Gasteiger partial charge on any atom is 0.256 e. The highest BCUT2D eigenvalue weighted by Gasteiger charge is 2.46. The number of hydrogen-bond donors (Lipinski definition) is 1. The summed E-state index contributed by atoms with van der Waals surface area (Å²) in [5.41, 5.74) is 4.05. The summed E-state index contributed by atoms with van der Waals surface area (Å²) in [6.07, 6.45) is 12.0. The zero-order valence-electron chi connectivity index (χ0n) is 21.6. The third-order valence-electron chi connectivity index (χ3n) is 8.46. The van der Waals surface area contributed by atoms with Crippen molar-refractivity contribution in [2.24, 2.45) is 5.41 Å².